The second-order valence-corrected chi connectivity index (χ2v) is 11.7. The number of nitrogens with one attached hydrogen (secondary N) is 2. The van der Waals surface area contributed by atoms with Crippen LogP contribution < -0.4 is 14.5 Å². The van der Waals surface area contributed by atoms with Gasteiger partial charge in [0.05, 0.1) is 10.4 Å². The van der Waals surface area contributed by atoms with E-state index in [1.165, 1.54) is 18.2 Å². The Hall–Kier alpha value is -3.22. The van der Waals surface area contributed by atoms with Crippen molar-refractivity contribution in [3.05, 3.63) is 118 Å². The summed E-state index contributed by atoms with van der Waals surface area (Å²) in [5, 5.41) is 12.1. The number of benzene rings is 3. The molecule has 1 heterocycles. The van der Waals surface area contributed by atoms with E-state index in [1.54, 1.807) is 6.07 Å². The monoisotopic (exact) mass is 562 g/mol. The van der Waals surface area contributed by atoms with E-state index in [4.69, 9.17) is 4.74 Å². The van der Waals surface area contributed by atoms with E-state index < -0.39 is 21.8 Å². The first-order valence-corrected chi connectivity index (χ1v) is 14.0. The van der Waals surface area contributed by atoms with Gasteiger partial charge < -0.3 is 15.0 Å². The quantitative estimate of drug-likeness (QED) is 0.247. The summed E-state index contributed by atoms with van der Waals surface area (Å²) in [6.07, 6.45) is -4.01. The maximum atomic E-state index is 12.9. The molecular formula is C27H25F3N2O4S2. The highest BCUT2D eigenvalue weighted by molar-refractivity contribution is 7.91. The van der Waals surface area contributed by atoms with E-state index in [0.29, 0.717) is 17.0 Å². The first-order chi connectivity index (χ1) is 18.1. The zero-order chi connectivity index (χ0) is 27.2. The topological polar surface area (TPSA) is 82.9 Å². The molecule has 0 aliphatic heterocycles. The van der Waals surface area contributed by atoms with Crippen molar-refractivity contribution in [3.63, 3.8) is 0 Å². The molecule has 0 saturated heterocycles. The Morgan fingerprint density at radius 1 is 0.842 bits per heavy atom. The lowest BCUT2D eigenvalue weighted by atomic mass is 10.1. The van der Waals surface area contributed by atoms with Crippen molar-refractivity contribution in [2.24, 2.45) is 0 Å². The van der Waals surface area contributed by atoms with Gasteiger partial charge >= 0.3 is 6.18 Å². The highest BCUT2D eigenvalue weighted by atomic mass is 32.2. The predicted molar refractivity (Wildman–Crippen MR) is 139 cm³/mol. The van der Waals surface area contributed by atoms with Gasteiger partial charge in [0, 0.05) is 12.1 Å². The second-order valence-electron chi connectivity index (χ2n) is 8.52. The lowest BCUT2D eigenvalue weighted by Gasteiger charge is -2.22. The number of quaternary nitrogens is 1. The van der Waals surface area contributed by atoms with Crippen LogP contribution in [0.2, 0.25) is 0 Å². The van der Waals surface area contributed by atoms with Gasteiger partial charge in [-0.15, -0.1) is 11.3 Å². The summed E-state index contributed by atoms with van der Waals surface area (Å²) in [6.45, 7) is -0.0475. The summed E-state index contributed by atoms with van der Waals surface area (Å²) in [5.74, 6) is 1.40. The van der Waals surface area contributed by atoms with Gasteiger partial charge in [0.1, 0.15) is 28.8 Å². The van der Waals surface area contributed by atoms with E-state index >= 15 is 0 Å². The fourth-order valence-corrected chi connectivity index (χ4v) is 6.15. The molecule has 6 nitrogen and oxygen atoms in total. The smallest absolute Gasteiger partial charge is 0.416 e. The number of hydrogen-bond acceptors (Lipinski definition) is 5. The highest BCUT2D eigenvalue weighted by Crippen LogP contribution is 2.29. The maximum absolute atomic E-state index is 12.9. The molecule has 0 saturated carbocycles. The summed E-state index contributed by atoms with van der Waals surface area (Å²) in [6, 6.07) is 24.3. The molecule has 0 aliphatic rings. The second kappa shape index (κ2) is 12.1. The average Bonchev–Trinajstić information content (AvgIpc) is 3.35. The molecule has 11 heteroatoms. The first-order valence-electron chi connectivity index (χ1n) is 11.7. The van der Waals surface area contributed by atoms with E-state index in [-0.39, 0.29) is 34.5 Å². The van der Waals surface area contributed by atoms with Gasteiger partial charge in [0.15, 0.2) is 0 Å². The van der Waals surface area contributed by atoms with Crippen LogP contribution in [-0.4, -0.2) is 15.0 Å². The number of rotatable bonds is 11. The molecule has 1 aromatic heterocycles. The van der Waals surface area contributed by atoms with Crippen LogP contribution in [0, 0.1) is 5.21 Å². The molecular weight excluding hydrogens is 537 g/mol. The average molecular weight is 563 g/mol. The lowest BCUT2D eigenvalue weighted by molar-refractivity contribution is -0.876. The molecule has 1 atom stereocenters. The van der Waals surface area contributed by atoms with Crippen LogP contribution in [0.4, 0.5) is 13.2 Å². The van der Waals surface area contributed by atoms with Gasteiger partial charge in [-0.05, 0) is 60.5 Å². The minimum Gasteiger partial charge on any atom is -0.634 e. The Bertz CT molecular complexity index is 1440. The Morgan fingerprint density at radius 2 is 1.55 bits per heavy atom. The summed E-state index contributed by atoms with van der Waals surface area (Å²) < 4.78 is 72.4. The molecule has 0 amide bonds. The highest BCUT2D eigenvalue weighted by Gasteiger charge is 2.30. The molecule has 0 spiro atoms. The Morgan fingerprint density at radius 3 is 2.26 bits per heavy atom. The van der Waals surface area contributed by atoms with Gasteiger partial charge in [0.2, 0.25) is 10.0 Å². The summed E-state index contributed by atoms with van der Waals surface area (Å²) in [4.78, 5) is 0.524. The van der Waals surface area contributed by atoms with E-state index in [0.717, 1.165) is 34.8 Å². The minimum absolute atomic E-state index is 0.0617. The fraction of sp³-hybridized carbons (Fsp3) is 0.185. The standard InChI is InChI=1S/C27H25F3N2O4S2/c28-27(29,30)22-6-4-5-21(17-22)18-32(33)19-25-13-14-26(37-25)38(34,35)31-16-15-20-9-11-24(12-10-20)36-23-7-2-1-3-8-23/h1-14,17,31-32H,15-16,18-19H2. The van der Waals surface area contributed by atoms with Crippen molar-refractivity contribution >= 4 is 21.4 Å². The molecule has 38 heavy (non-hydrogen) atoms. The van der Waals surface area contributed by atoms with Crippen LogP contribution in [0.1, 0.15) is 21.6 Å². The van der Waals surface area contributed by atoms with Crippen LogP contribution in [0.3, 0.4) is 0 Å². The van der Waals surface area contributed by atoms with Crippen molar-refractivity contribution in [1.82, 2.24) is 4.72 Å². The number of hydroxylamine groups is 2. The van der Waals surface area contributed by atoms with Gasteiger partial charge in [-0.1, -0.05) is 42.5 Å². The predicted octanol–water partition coefficient (Wildman–Crippen LogP) is 5.16. The molecule has 0 bridgehead atoms. The normalized spacial score (nSPS) is 12.8. The Kier molecular flexibility index (Phi) is 8.85. The number of alkyl halides is 3. The molecule has 0 aliphatic carbocycles. The zero-order valence-electron chi connectivity index (χ0n) is 20.1. The van der Waals surface area contributed by atoms with Crippen molar-refractivity contribution in [1.29, 1.82) is 0 Å². The summed E-state index contributed by atoms with van der Waals surface area (Å²) in [7, 11) is -3.77. The maximum Gasteiger partial charge on any atom is 0.416 e. The molecule has 200 valence electrons. The fourth-order valence-electron chi connectivity index (χ4n) is 3.69. The van der Waals surface area contributed by atoms with Crippen molar-refractivity contribution in [2.75, 3.05) is 6.54 Å². The number of ether oxygens (including phenoxy) is 1. The molecule has 0 fully saturated rings. The van der Waals surface area contributed by atoms with Gasteiger partial charge in [0.25, 0.3) is 0 Å². The SMILES string of the molecule is O=S(=O)(NCCc1ccc(Oc2ccccc2)cc1)c1ccc(C[NH+]([O-])Cc2cccc(C(F)(F)F)c2)s1. The molecule has 4 rings (SSSR count). The van der Waals surface area contributed by atoms with E-state index in [1.807, 2.05) is 54.6 Å². The number of hydrogen-bond donors (Lipinski definition) is 2. The Balaban J connectivity index is 1.27. The molecule has 4 aromatic rings. The van der Waals surface area contributed by atoms with Crippen LogP contribution >= 0.6 is 11.3 Å². The number of thiophene rings is 1. The van der Waals surface area contributed by atoms with Crippen molar-refractivity contribution in [2.45, 2.75) is 29.9 Å². The molecule has 1 unspecified atom stereocenters. The largest absolute Gasteiger partial charge is 0.634 e. The van der Waals surface area contributed by atoms with Crippen LogP contribution in [0.5, 0.6) is 11.5 Å². The summed E-state index contributed by atoms with van der Waals surface area (Å²) >= 11 is 0.967. The minimum atomic E-state index is -4.48. The third kappa shape index (κ3) is 7.89. The van der Waals surface area contributed by atoms with Crippen LogP contribution in [0.25, 0.3) is 0 Å². The van der Waals surface area contributed by atoms with E-state index in [9.17, 15) is 26.8 Å². The van der Waals surface area contributed by atoms with Gasteiger partial charge in [-0.2, -0.15) is 13.2 Å². The van der Waals surface area contributed by atoms with Gasteiger partial charge in [-0.25, -0.2) is 13.1 Å². The molecule has 0 radical (unpaired) electrons. The van der Waals surface area contributed by atoms with Crippen LogP contribution in [-0.2, 0) is 35.7 Å². The van der Waals surface area contributed by atoms with Crippen molar-refractivity contribution < 1.29 is 31.4 Å². The van der Waals surface area contributed by atoms with Crippen LogP contribution in [0.15, 0.2) is 95.2 Å². The van der Waals surface area contributed by atoms with Gasteiger partial charge in [-0.3, -0.25) is 0 Å². The Labute approximate surface area is 222 Å². The molecule has 2 N–H and O–H groups in total. The summed E-state index contributed by atoms with van der Waals surface area (Å²) in [5.41, 5.74) is 0.380. The number of para-hydroxylation sites is 1. The molecule has 3 aromatic carbocycles. The lowest BCUT2D eigenvalue weighted by Crippen LogP contribution is -3.04. The number of halogens is 3. The van der Waals surface area contributed by atoms with E-state index in [2.05, 4.69) is 4.72 Å². The number of sulfonamides is 1. The first kappa shape index (κ1) is 27.8. The van der Waals surface area contributed by atoms with Crippen molar-refractivity contribution in [3.8, 4) is 11.5 Å². The third-order valence-electron chi connectivity index (χ3n) is 5.54. The third-order valence-corrected chi connectivity index (χ3v) is 8.57. The zero-order valence-corrected chi connectivity index (χ0v) is 21.7.